The molecule has 2 rings (SSSR count). The number of nitrogens with zero attached hydrogens (tertiary/aromatic N) is 3. The molecule has 102 valence electrons. The first-order valence-corrected chi connectivity index (χ1v) is 5.95. The number of carbonyl (C=O) groups excluding carboxylic acids is 1. The summed E-state index contributed by atoms with van der Waals surface area (Å²) in [6.45, 7) is 4.55. The van der Waals surface area contributed by atoms with E-state index in [2.05, 4.69) is 20.4 Å². The molecule has 7 heteroatoms. The summed E-state index contributed by atoms with van der Waals surface area (Å²) in [6, 6.07) is 1.67. The molecule has 0 aliphatic carbocycles. The van der Waals surface area contributed by atoms with Crippen molar-refractivity contribution in [3.05, 3.63) is 29.5 Å². The van der Waals surface area contributed by atoms with Gasteiger partial charge in [-0.15, -0.1) is 0 Å². The smallest absolute Gasteiger partial charge is 0.239 e. The van der Waals surface area contributed by atoms with Crippen molar-refractivity contribution >= 4 is 11.7 Å². The molecule has 0 bridgehead atoms. The first-order valence-electron chi connectivity index (χ1n) is 5.95. The second-order valence-corrected chi connectivity index (χ2v) is 4.56. The van der Waals surface area contributed by atoms with Gasteiger partial charge in [-0.25, -0.2) is 4.98 Å². The zero-order chi connectivity index (χ0) is 13.8. The molecule has 2 N–H and O–H groups in total. The molecule has 2 heterocycles. The highest BCUT2D eigenvalue weighted by molar-refractivity contribution is 5.91. The molecule has 2 aromatic rings. The number of aromatic amines is 1. The number of imidazole rings is 1. The van der Waals surface area contributed by atoms with Gasteiger partial charge in [-0.1, -0.05) is 5.16 Å². The maximum absolute atomic E-state index is 11.8. The van der Waals surface area contributed by atoms with E-state index in [0.29, 0.717) is 18.1 Å². The molecule has 0 spiro atoms. The van der Waals surface area contributed by atoms with Crippen molar-refractivity contribution in [1.82, 2.24) is 20.0 Å². The van der Waals surface area contributed by atoms with E-state index in [0.717, 1.165) is 11.5 Å². The predicted octanol–water partition coefficient (Wildman–Crippen LogP) is 1.09. The van der Waals surface area contributed by atoms with Crippen molar-refractivity contribution in [2.24, 2.45) is 0 Å². The summed E-state index contributed by atoms with van der Waals surface area (Å²) in [5, 5.41) is 6.37. The monoisotopic (exact) mass is 263 g/mol. The van der Waals surface area contributed by atoms with Crippen LogP contribution in [0.5, 0.6) is 0 Å². The number of aryl methyl sites for hydroxylation is 2. The van der Waals surface area contributed by atoms with Gasteiger partial charge >= 0.3 is 0 Å². The Morgan fingerprint density at radius 1 is 1.53 bits per heavy atom. The van der Waals surface area contributed by atoms with Crippen LogP contribution in [0.25, 0.3) is 0 Å². The Morgan fingerprint density at radius 3 is 2.89 bits per heavy atom. The van der Waals surface area contributed by atoms with Crippen LogP contribution < -0.4 is 5.32 Å². The molecular weight excluding hydrogens is 246 g/mol. The van der Waals surface area contributed by atoms with Crippen molar-refractivity contribution in [1.29, 1.82) is 0 Å². The number of rotatable bonds is 5. The maximum atomic E-state index is 11.8. The van der Waals surface area contributed by atoms with E-state index in [1.165, 1.54) is 0 Å². The fraction of sp³-hybridized carbons (Fsp3) is 0.417. The number of aromatic nitrogens is 3. The van der Waals surface area contributed by atoms with Crippen LogP contribution in [0.2, 0.25) is 0 Å². The molecule has 0 aromatic carbocycles. The second kappa shape index (κ2) is 5.66. The number of nitrogens with one attached hydrogen (secondary N) is 2. The molecule has 0 fully saturated rings. The number of hydrogen-bond acceptors (Lipinski definition) is 5. The van der Waals surface area contributed by atoms with Crippen LogP contribution >= 0.6 is 0 Å². The topological polar surface area (TPSA) is 87.1 Å². The normalized spacial score (nSPS) is 10.9. The predicted molar refractivity (Wildman–Crippen MR) is 69.5 cm³/mol. The second-order valence-electron chi connectivity index (χ2n) is 4.56. The highest BCUT2D eigenvalue weighted by Gasteiger charge is 2.10. The van der Waals surface area contributed by atoms with Gasteiger partial charge in [0.05, 0.1) is 13.1 Å². The van der Waals surface area contributed by atoms with Crippen LogP contribution in [0.4, 0.5) is 5.82 Å². The molecule has 0 aliphatic heterocycles. The maximum Gasteiger partial charge on any atom is 0.239 e. The Balaban J connectivity index is 1.81. The van der Waals surface area contributed by atoms with Crippen LogP contribution in [-0.2, 0) is 11.3 Å². The Hall–Kier alpha value is -2.15. The summed E-state index contributed by atoms with van der Waals surface area (Å²) >= 11 is 0. The van der Waals surface area contributed by atoms with Gasteiger partial charge < -0.3 is 14.8 Å². The molecule has 1 amide bonds. The summed E-state index contributed by atoms with van der Waals surface area (Å²) in [4.78, 5) is 20.9. The summed E-state index contributed by atoms with van der Waals surface area (Å²) in [7, 11) is 1.85. The van der Waals surface area contributed by atoms with E-state index in [9.17, 15) is 4.79 Å². The minimum Gasteiger partial charge on any atom is -0.360 e. The first-order chi connectivity index (χ1) is 9.02. The fourth-order valence-corrected chi connectivity index (χ4v) is 1.71. The summed E-state index contributed by atoms with van der Waals surface area (Å²) < 4.78 is 4.88. The van der Waals surface area contributed by atoms with E-state index in [4.69, 9.17) is 4.52 Å². The minimum absolute atomic E-state index is 0.140. The highest BCUT2D eigenvalue weighted by atomic mass is 16.5. The van der Waals surface area contributed by atoms with Crippen LogP contribution in [0.1, 0.15) is 17.3 Å². The van der Waals surface area contributed by atoms with Crippen molar-refractivity contribution in [3.8, 4) is 0 Å². The minimum atomic E-state index is -0.140. The molecule has 0 unspecified atom stereocenters. The quantitative estimate of drug-likeness (QED) is 0.843. The number of anilines is 1. The van der Waals surface area contributed by atoms with E-state index in [1.54, 1.807) is 19.2 Å². The number of carbonyl (C=O) groups is 1. The Bertz CT molecular complexity index is 560. The van der Waals surface area contributed by atoms with Gasteiger partial charge in [0, 0.05) is 18.0 Å². The third-order valence-corrected chi connectivity index (χ3v) is 2.48. The molecule has 0 aliphatic rings. The fourth-order valence-electron chi connectivity index (χ4n) is 1.71. The third-order valence-electron chi connectivity index (χ3n) is 2.48. The standard InChI is InChI=1S/C12H17N5O2/c1-8-5-13-11(14-8)6-17(3)7-12(18)15-10-4-9(2)19-16-10/h4-5H,6-7H2,1-3H3,(H,13,14)(H,15,16,18). The summed E-state index contributed by atoms with van der Waals surface area (Å²) in [6.07, 6.45) is 1.77. The van der Waals surface area contributed by atoms with Gasteiger partial charge in [0.2, 0.25) is 5.91 Å². The zero-order valence-corrected chi connectivity index (χ0v) is 11.2. The van der Waals surface area contributed by atoms with Gasteiger partial charge in [-0.2, -0.15) is 0 Å². The van der Waals surface area contributed by atoms with Crippen molar-refractivity contribution in [2.75, 3.05) is 18.9 Å². The number of amides is 1. The number of likely N-dealkylation sites (N-methyl/N-ethyl adjacent to an activating group) is 1. The molecule has 0 saturated carbocycles. The lowest BCUT2D eigenvalue weighted by Gasteiger charge is -2.13. The number of hydrogen-bond donors (Lipinski definition) is 2. The van der Waals surface area contributed by atoms with E-state index >= 15 is 0 Å². The van der Waals surface area contributed by atoms with E-state index < -0.39 is 0 Å². The molecule has 2 aromatic heterocycles. The van der Waals surface area contributed by atoms with E-state index in [-0.39, 0.29) is 12.5 Å². The molecule has 7 nitrogen and oxygen atoms in total. The lowest BCUT2D eigenvalue weighted by molar-refractivity contribution is -0.117. The molecule has 0 atom stereocenters. The SMILES string of the molecule is Cc1cnc(CN(C)CC(=O)Nc2cc(C)on2)[nH]1. The van der Waals surface area contributed by atoms with Crippen molar-refractivity contribution in [2.45, 2.75) is 20.4 Å². The van der Waals surface area contributed by atoms with E-state index in [1.807, 2.05) is 18.9 Å². The molecule has 0 radical (unpaired) electrons. The van der Waals surface area contributed by atoms with Gasteiger partial charge in [-0.05, 0) is 20.9 Å². The molecule has 0 saturated heterocycles. The Kier molecular flexibility index (Phi) is 3.96. The van der Waals surface area contributed by atoms with Crippen LogP contribution in [-0.4, -0.2) is 39.5 Å². The Labute approximate surface area is 111 Å². The lowest BCUT2D eigenvalue weighted by atomic mass is 10.4. The van der Waals surface area contributed by atoms with Gasteiger partial charge in [0.1, 0.15) is 11.6 Å². The third kappa shape index (κ3) is 3.92. The molecule has 19 heavy (non-hydrogen) atoms. The average Bonchev–Trinajstić information content (AvgIpc) is 2.87. The van der Waals surface area contributed by atoms with Crippen LogP contribution in [0.3, 0.4) is 0 Å². The largest absolute Gasteiger partial charge is 0.360 e. The lowest BCUT2D eigenvalue weighted by Crippen LogP contribution is -2.30. The highest BCUT2D eigenvalue weighted by Crippen LogP contribution is 2.07. The van der Waals surface area contributed by atoms with Gasteiger partial charge in [0.25, 0.3) is 0 Å². The van der Waals surface area contributed by atoms with Gasteiger partial charge in [-0.3, -0.25) is 9.69 Å². The van der Waals surface area contributed by atoms with Crippen molar-refractivity contribution in [3.63, 3.8) is 0 Å². The van der Waals surface area contributed by atoms with Gasteiger partial charge in [0.15, 0.2) is 5.82 Å². The Morgan fingerprint density at radius 2 is 2.32 bits per heavy atom. The summed E-state index contributed by atoms with van der Waals surface area (Å²) in [5.74, 6) is 1.80. The first kappa shape index (κ1) is 13.3. The summed E-state index contributed by atoms with van der Waals surface area (Å²) in [5.41, 5.74) is 1.01. The van der Waals surface area contributed by atoms with Crippen LogP contribution in [0.15, 0.2) is 16.8 Å². The molecular formula is C12H17N5O2. The zero-order valence-electron chi connectivity index (χ0n) is 11.2. The average molecular weight is 263 g/mol. The van der Waals surface area contributed by atoms with Crippen molar-refractivity contribution < 1.29 is 9.32 Å². The van der Waals surface area contributed by atoms with Crippen LogP contribution in [0, 0.1) is 13.8 Å². The number of H-pyrrole nitrogens is 1.